The van der Waals surface area contributed by atoms with Crippen LogP contribution in [0.3, 0.4) is 0 Å². The molecule has 0 radical (unpaired) electrons. The zero-order valence-electron chi connectivity index (χ0n) is 12.4. The lowest BCUT2D eigenvalue weighted by Gasteiger charge is -2.30. The molecule has 1 atom stereocenters. The Morgan fingerprint density at radius 3 is 2.83 bits per heavy atom. The smallest absolute Gasteiger partial charge is 0.321 e. The molecule has 1 saturated carbocycles. The molecule has 1 fully saturated rings. The molecule has 0 saturated heterocycles. The topological polar surface area (TPSA) is 88.4 Å². The van der Waals surface area contributed by atoms with Crippen LogP contribution in [0.5, 0.6) is 0 Å². The van der Waals surface area contributed by atoms with Crippen molar-refractivity contribution in [1.82, 2.24) is 4.98 Å². The summed E-state index contributed by atoms with van der Waals surface area (Å²) in [5, 5.41) is 10.8. The van der Waals surface area contributed by atoms with E-state index in [9.17, 15) is 14.9 Å². The first-order chi connectivity index (χ1) is 11.1. The number of H-pyrrole nitrogens is 1. The van der Waals surface area contributed by atoms with Gasteiger partial charge in [-0.1, -0.05) is 6.42 Å². The monoisotopic (exact) mass is 309 g/mol. The van der Waals surface area contributed by atoms with Gasteiger partial charge in [-0.2, -0.15) is 0 Å². The third kappa shape index (κ3) is 2.02. The molecule has 2 aromatic rings. The average molecular weight is 309 g/mol. The molecule has 2 aliphatic rings. The highest BCUT2D eigenvalue weighted by molar-refractivity contribution is 6.10. The lowest BCUT2D eigenvalue weighted by Crippen LogP contribution is -2.38. The van der Waals surface area contributed by atoms with Crippen molar-refractivity contribution in [2.24, 2.45) is 4.99 Å². The summed E-state index contributed by atoms with van der Waals surface area (Å²) in [4.78, 5) is 30.1. The van der Waals surface area contributed by atoms with E-state index in [1.54, 1.807) is 12.3 Å². The van der Waals surface area contributed by atoms with Gasteiger partial charge in [-0.25, -0.2) is 4.98 Å². The first kappa shape index (κ1) is 13.9. The molecule has 116 valence electrons. The molecule has 1 aliphatic heterocycles. The first-order valence-corrected chi connectivity index (χ1v) is 7.67. The summed E-state index contributed by atoms with van der Waals surface area (Å²) >= 11 is 0. The minimum atomic E-state index is -0.595. The molecule has 1 aromatic carbocycles. The Balaban J connectivity index is 1.79. The van der Waals surface area contributed by atoms with E-state index in [4.69, 9.17) is 0 Å². The molecule has 0 bridgehead atoms. The fraction of sp³-hybridized carbons (Fsp3) is 0.294. The Kier molecular flexibility index (Phi) is 2.94. The Morgan fingerprint density at radius 1 is 1.22 bits per heavy atom. The number of aromatic nitrogens is 1. The van der Waals surface area contributed by atoms with Gasteiger partial charge in [0.1, 0.15) is 11.5 Å². The summed E-state index contributed by atoms with van der Waals surface area (Å²) < 4.78 is 0. The normalized spacial score (nSPS) is 22.5. The molecule has 6 nitrogen and oxygen atoms in total. The number of hydrogen-bond donors (Lipinski definition) is 1. The summed E-state index contributed by atoms with van der Waals surface area (Å²) in [6.07, 6.45) is 5.11. The van der Waals surface area contributed by atoms with Crippen LogP contribution in [0.1, 0.15) is 31.2 Å². The second-order valence-corrected chi connectivity index (χ2v) is 6.11. The third-order valence-corrected chi connectivity index (χ3v) is 4.80. The van der Waals surface area contributed by atoms with Crippen LogP contribution in [0.2, 0.25) is 0 Å². The van der Waals surface area contributed by atoms with E-state index in [2.05, 4.69) is 9.98 Å². The number of carbonyl (C=O) groups excluding carboxylic acids is 1. The van der Waals surface area contributed by atoms with Gasteiger partial charge in [-0.15, -0.1) is 0 Å². The molecule has 1 aliphatic carbocycles. The van der Waals surface area contributed by atoms with Gasteiger partial charge in [0.15, 0.2) is 0 Å². The minimum absolute atomic E-state index is 0.0415. The summed E-state index contributed by atoms with van der Waals surface area (Å²) in [7, 11) is 0. The number of Topliss-reactive ketones (excluding diaryl/α,β-unsaturated/α-hetero) is 1. The molecule has 1 aromatic heterocycles. The van der Waals surface area contributed by atoms with Gasteiger partial charge >= 0.3 is 5.82 Å². The van der Waals surface area contributed by atoms with E-state index in [1.807, 2.05) is 18.2 Å². The highest BCUT2D eigenvalue weighted by Crippen LogP contribution is 2.45. The average Bonchev–Trinajstić information content (AvgIpc) is 3.17. The largest absolute Gasteiger partial charge is 0.358 e. The Labute approximate surface area is 132 Å². The number of hydrogen-bond acceptors (Lipinski definition) is 4. The van der Waals surface area contributed by atoms with E-state index in [-0.39, 0.29) is 11.6 Å². The molecule has 23 heavy (non-hydrogen) atoms. The van der Waals surface area contributed by atoms with Crippen LogP contribution < -0.4 is 0 Å². The third-order valence-electron chi connectivity index (χ3n) is 4.80. The van der Waals surface area contributed by atoms with Gasteiger partial charge in [0.05, 0.1) is 11.1 Å². The number of carbonyl (C=O) groups is 1. The minimum Gasteiger partial charge on any atom is -0.358 e. The van der Waals surface area contributed by atoms with Crippen molar-refractivity contribution in [3.63, 3.8) is 0 Å². The highest BCUT2D eigenvalue weighted by atomic mass is 16.6. The number of nitrogens with one attached hydrogen (secondary N) is 1. The predicted molar refractivity (Wildman–Crippen MR) is 86.2 cm³/mol. The first-order valence-electron chi connectivity index (χ1n) is 7.67. The van der Waals surface area contributed by atoms with Gasteiger partial charge in [0.2, 0.25) is 0 Å². The number of rotatable bonds is 2. The van der Waals surface area contributed by atoms with E-state index in [1.165, 1.54) is 6.07 Å². The zero-order valence-corrected chi connectivity index (χ0v) is 12.4. The Hall–Kier alpha value is -2.76. The van der Waals surface area contributed by atoms with E-state index >= 15 is 0 Å². The van der Waals surface area contributed by atoms with Gasteiger partial charge in [0.25, 0.3) is 0 Å². The molecule has 1 unspecified atom stereocenters. The van der Waals surface area contributed by atoms with Crippen LogP contribution in [-0.4, -0.2) is 21.9 Å². The number of nitrogens with zero attached hydrogens (tertiary/aromatic N) is 2. The molecule has 1 spiro atoms. The van der Waals surface area contributed by atoms with Crippen molar-refractivity contribution < 1.29 is 9.72 Å². The van der Waals surface area contributed by atoms with Crippen molar-refractivity contribution in [1.29, 1.82) is 0 Å². The van der Waals surface area contributed by atoms with Gasteiger partial charge in [0, 0.05) is 24.3 Å². The van der Waals surface area contributed by atoms with Crippen LogP contribution in [0.15, 0.2) is 35.3 Å². The lowest BCUT2D eigenvalue weighted by molar-refractivity contribution is -0.389. The summed E-state index contributed by atoms with van der Waals surface area (Å²) in [6.45, 7) is 0. The number of benzene rings is 1. The van der Waals surface area contributed by atoms with Gasteiger partial charge < -0.3 is 10.1 Å². The van der Waals surface area contributed by atoms with Gasteiger partial charge in [-0.3, -0.25) is 9.79 Å². The maximum Gasteiger partial charge on any atom is 0.321 e. The quantitative estimate of drug-likeness (QED) is 0.677. The molecular formula is C17H15N3O3. The molecule has 6 heteroatoms. The lowest BCUT2D eigenvalue weighted by atomic mass is 9.70. The molecule has 2 heterocycles. The van der Waals surface area contributed by atoms with E-state index < -0.39 is 10.3 Å². The molecule has 1 N–H and O–H groups in total. The maximum atomic E-state index is 12.5. The zero-order chi connectivity index (χ0) is 16.0. The summed E-state index contributed by atoms with van der Waals surface area (Å²) in [5.41, 5.74) is 2.66. The highest BCUT2D eigenvalue weighted by Gasteiger charge is 2.44. The van der Waals surface area contributed by atoms with Crippen LogP contribution >= 0.6 is 0 Å². The second-order valence-electron chi connectivity index (χ2n) is 6.11. The van der Waals surface area contributed by atoms with Crippen LogP contribution in [-0.2, 0) is 10.2 Å². The van der Waals surface area contributed by atoms with Crippen LogP contribution in [0.25, 0.3) is 11.3 Å². The standard InChI is InChI=1S/C17H15N3O3/c21-15-3-1-2-8-17(15)10-18-14-5-4-11(9-12(14)17)13-6-7-16(19-13)20(22)23/h4-7,9-10,19H,1-3,8H2. The number of nitro groups is 1. The number of fused-ring (bicyclic) bond motifs is 2. The van der Waals surface area contributed by atoms with Crippen molar-refractivity contribution in [2.75, 3.05) is 0 Å². The Morgan fingerprint density at radius 2 is 2.09 bits per heavy atom. The SMILES string of the molecule is O=C1CCCCC12C=Nc1ccc(-c3ccc([N+](=O)[O-])[nH]3)cc12. The number of aliphatic imine (C=N–C) groups is 1. The van der Waals surface area contributed by atoms with Crippen molar-refractivity contribution >= 4 is 23.5 Å². The van der Waals surface area contributed by atoms with Crippen molar-refractivity contribution in [3.05, 3.63) is 46.0 Å². The fourth-order valence-corrected chi connectivity index (χ4v) is 3.55. The number of ketones is 1. The maximum absolute atomic E-state index is 12.5. The summed E-state index contributed by atoms with van der Waals surface area (Å²) in [6, 6.07) is 8.83. The van der Waals surface area contributed by atoms with E-state index in [0.717, 1.165) is 36.1 Å². The fourth-order valence-electron chi connectivity index (χ4n) is 3.55. The number of aromatic amines is 1. The predicted octanol–water partition coefficient (Wildman–Crippen LogP) is 3.69. The molecule has 0 amide bonds. The molecule has 4 rings (SSSR count). The van der Waals surface area contributed by atoms with Crippen molar-refractivity contribution in [3.8, 4) is 11.3 Å². The second kappa shape index (κ2) is 4.87. The van der Waals surface area contributed by atoms with Crippen LogP contribution in [0.4, 0.5) is 11.5 Å². The summed E-state index contributed by atoms with van der Waals surface area (Å²) in [5.74, 6) is 0.182. The molecular weight excluding hydrogens is 294 g/mol. The van der Waals surface area contributed by atoms with Crippen LogP contribution in [0, 0.1) is 10.1 Å². The van der Waals surface area contributed by atoms with E-state index in [0.29, 0.717) is 12.1 Å². The van der Waals surface area contributed by atoms with Crippen molar-refractivity contribution in [2.45, 2.75) is 31.1 Å². The van der Waals surface area contributed by atoms with Gasteiger partial charge in [-0.05, 0) is 47.6 Å². The Bertz CT molecular complexity index is 853.